The first kappa shape index (κ1) is 38.1. The van der Waals surface area contributed by atoms with Crippen molar-refractivity contribution in [2.45, 2.75) is 116 Å². The Hall–Kier alpha value is -2.71. The van der Waals surface area contributed by atoms with Gasteiger partial charge in [0.2, 0.25) is 5.88 Å². The largest absolute Gasteiger partial charge is 0.494 e. The van der Waals surface area contributed by atoms with Crippen molar-refractivity contribution in [3.05, 3.63) is 78.5 Å². The Morgan fingerprint density at radius 3 is 1.79 bits per heavy atom. The average Bonchev–Trinajstić information content (AvgIpc) is 3.54. The third kappa shape index (κ3) is 10.9. The van der Waals surface area contributed by atoms with Gasteiger partial charge in [0.15, 0.2) is 5.88 Å². The van der Waals surface area contributed by atoms with Crippen molar-refractivity contribution in [3.8, 4) is 23.1 Å². The van der Waals surface area contributed by atoms with Crippen molar-refractivity contribution in [2.24, 2.45) is 0 Å². The lowest BCUT2D eigenvalue weighted by molar-refractivity contribution is 0.400. The number of hydrogen-bond acceptors (Lipinski definition) is 4. The van der Waals surface area contributed by atoms with Gasteiger partial charge in [0.1, 0.15) is 11.5 Å². The van der Waals surface area contributed by atoms with Crippen LogP contribution in [0, 0.1) is 0 Å². The molecule has 4 aromatic rings. The highest BCUT2D eigenvalue weighted by atomic mass is 35.5. The molecule has 262 valence electrons. The van der Waals surface area contributed by atoms with E-state index in [9.17, 15) is 15.0 Å². The van der Waals surface area contributed by atoms with E-state index in [0.717, 1.165) is 12.8 Å². The number of aromatic hydroxyl groups is 2. The molecule has 0 unspecified atom stereocenters. The Balaban J connectivity index is 1.24. The summed E-state index contributed by atoms with van der Waals surface area (Å²) in [6, 6.07) is 11.0. The first-order chi connectivity index (χ1) is 23.2. The Morgan fingerprint density at radius 1 is 0.688 bits per heavy atom. The molecular weight excluding hydrogens is 690 g/mol. The molecule has 4 N–H and O–H groups in total. The molecule has 11 heteroatoms. The van der Waals surface area contributed by atoms with Gasteiger partial charge >= 0.3 is 0 Å². The van der Waals surface area contributed by atoms with Crippen LogP contribution in [0.2, 0.25) is 20.1 Å². The smallest absolute Gasteiger partial charge is 0.273 e. The monoisotopic (exact) mass is 736 g/mol. The predicted octanol–water partition coefficient (Wildman–Crippen LogP) is 12.5. The van der Waals surface area contributed by atoms with E-state index in [2.05, 4.69) is 17.3 Å². The number of aromatic nitrogens is 3. The second-order valence-electron chi connectivity index (χ2n) is 12.6. The number of nitrogens with zero attached hydrogens (tertiary/aromatic N) is 2. The maximum atomic E-state index is 12.8. The lowest BCUT2D eigenvalue weighted by atomic mass is 10.0. The van der Waals surface area contributed by atoms with Crippen LogP contribution < -0.4 is 10.9 Å². The van der Waals surface area contributed by atoms with E-state index in [1.54, 1.807) is 24.3 Å². The summed E-state index contributed by atoms with van der Waals surface area (Å²) < 4.78 is 2.58. The minimum Gasteiger partial charge on any atom is -0.494 e. The molecule has 4 rings (SSSR count). The highest BCUT2D eigenvalue weighted by molar-refractivity contribution is 6.40. The number of nitrogens with one attached hydrogen (secondary N) is 2. The summed E-state index contributed by atoms with van der Waals surface area (Å²) in [5.41, 5.74) is 1.50. The summed E-state index contributed by atoms with van der Waals surface area (Å²) in [4.78, 5) is 12.8. The van der Waals surface area contributed by atoms with Crippen molar-refractivity contribution < 1.29 is 10.2 Å². The second-order valence-corrected chi connectivity index (χ2v) is 14.2. The fourth-order valence-electron chi connectivity index (χ4n) is 6.11. The summed E-state index contributed by atoms with van der Waals surface area (Å²) >= 11 is 25.1. The van der Waals surface area contributed by atoms with Gasteiger partial charge in [-0.3, -0.25) is 14.5 Å². The maximum Gasteiger partial charge on any atom is 0.273 e. The van der Waals surface area contributed by atoms with Gasteiger partial charge in [-0.2, -0.15) is 0 Å². The maximum absolute atomic E-state index is 12.8. The Kier molecular flexibility index (Phi) is 15.5. The van der Waals surface area contributed by atoms with E-state index in [1.807, 2.05) is 0 Å². The van der Waals surface area contributed by atoms with Gasteiger partial charge in [0.05, 0.1) is 26.4 Å². The van der Waals surface area contributed by atoms with Crippen LogP contribution in [-0.4, -0.2) is 24.6 Å². The van der Waals surface area contributed by atoms with E-state index in [4.69, 9.17) is 46.4 Å². The molecule has 0 aliphatic rings. The first-order valence-corrected chi connectivity index (χ1v) is 18.9. The standard InChI is InChI=1S/C37H48Cl4N4O3/c1-2-3-4-5-6-7-8-9-10-11-12-13-14-15-16-17-18-26-21-34(46)44(37(26)48)28-19-20-29(39)32(24-28)42-33-25-35(47)45(43-33)36-30(40)22-27(38)23-31(36)41/h19-25,42-43,46,48H,2-18H2,1H3. The third-order valence-electron chi connectivity index (χ3n) is 8.73. The molecule has 0 aliphatic heterocycles. The molecule has 0 fully saturated rings. The Morgan fingerprint density at radius 2 is 1.23 bits per heavy atom. The average molecular weight is 739 g/mol. The minimum atomic E-state index is -0.407. The summed E-state index contributed by atoms with van der Waals surface area (Å²) in [6.07, 6.45) is 21.5. The number of hydrogen-bond donors (Lipinski definition) is 4. The van der Waals surface area contributed by atoms with Crippen molar-refractivity contribution in [3.63, 3.8) is 0 Å². The molecule has 0 amide bonds. The van der Waals surface area contributed by atoms with E-state index in [-0.39, 0.29) is 27.5 Å². The van der Waals surface area contributed by atoms with Crippen molar-refractivity contribution in [2.75, 3.05) is 5.32 Å². The molecule has 2 heterocycles. The zero-order chi connectivity index (χ0) is 34.5. The molecule has 0 saturated heterocycles. The summed E-state index contributed by atoms with van der Waals surface area (Å²) in [6.45, 7) is 2.27. The van der Waals surface area contributed by atoms with Gasteiger partial charge in [0, 0.05) is 22.7 Å². The van der Waals surface area contributed by atoms with Crippen LogP contribution in [0.1, 0.15) is 115 Å². The number of H-pyrrole nitrogens is 1. The number of halogens is 4. The number of aromatic amines is 1. The van der Waals surface area contributed by atoms with E-state index in [0.29, 0.717) is 39.2 Å². The number of unbranched alkanes of at least 4 members (excludes halogenated alkanes) is 15. The summed E-state index contributed by atoms with van der Waals surface area (Å²) in [5.74, 6) is 0.249. The summed E-state index contributed by atoms with van der Waals surface area (Å²) in [7, 11) is 0. The zero-order valence-corrected chi connectivity index (χ0v) is 30.8. The fourth-order valence-corrected chi connectivity index (χ4v) is 7.26. The highest BCUT2D eigenvalue weighted by Gasteiger charge is 2.18. The highest BCUT2D eigenvalue weighted by Crippen LogP contribution is 2.36. The Bertz CT molecular complexity index is 1640. The van der Waals surface area contributed by atoms with Crippen LogP contribution in [0.4, 0.5) is 11.5 Å². The predicted molar refractivity (Wildman–Crippen MR) is 202 cm³/mol. The number of benzene rings is 2. The Labute approximate surface area is 304 Å². The van der Waals surface area contributed by atoms with Crippen LogP contribution in [0.3, 0.4) is 0 Å². The van der Waals surface area contributed by atoms with Gasteiger partial charge in [-0.25, -0.2) is 4.68 Å². The molecular formula is C37H48Cl4N4O3. The van der Waals surface area contributed by atoms with Crippen LogP contribution >= 0.6 is 46.4 Å². The van der Waals surface area contributed by atoms with E-state index >= 15 is 0 Å². The molecule has 2 aromatic heterocycles. The summed E-state index contributed by atoms with van der Waals surface area (Å²) in [5, 5.41) is 29.0. The van der Waals surface area contributed by atoms with Gasteiger partial charge < -0.3 is 15.5 Å². The van der Waals surface area contributed by atoms with Gasteiger partial charge in [-0.1, -0.05) is 150 Å². The van der Waals surface area contributed by atoms with Crippen LogP contribution in [0.15, 0.2) is 47.3 Å². The molecule has 7 nitrogen and oxygen atoms in total. The fraction of sp³-hybridized carbons (Fsp3) is 0.486. The lowest BCUT2D eigenvalue weighted by Gasteiger charge is -2.12. The van der Waals surface area contributed by atoms with Crippen molar-refractivity contribution >= 4 is 57.9 Å². The lowest BCUT2D eigenvalue weighted by Crippen LogP contribution is -2.14. The van der Waals surface area contributed by atoms with E-state index in [1.165, 1.54) is 117 Å². The van der Waals surface area contributed by atoms with Crippen LogP contribution in [0.5, 0.6) is 11.8 Å². The third-order valence-corrected chi connectivity index (χ3v) is 9.86. The molecule has 48 heavy (non-hydrogen) atoms. The zero-order valence-electron chi connectivity index (χ0n) is 27.8. The van der Waals surface area contributed by atoms with Crippen LogP contribution in [-0.2, 0) is 6.42 Å². The van der Waals surface area contributed by atoms with Crippen LogP contribution in [0.25, 0.3) is 11.4 Å². The van der Waals surface area contributed by atoms with Crippen molar-refractivity contribution in [1.29, 1.82) is 0 Å². The van der Waals surface area contributed by atoms with Gasteiger partial charge in [-0.15, -0.1) is 0 Å². The number of anilines is 2. The molecule has 0 bridgehead atoms. The molecule has 0 atom stereocenters. The van der Waals surface area contributed by atoms with Gasteiger partial charge in [-0.05, 0) is 43.2 Å². The molecule has 0 aliphatic carbocycles. The first-order valence-electron chi connectivity index (χ1n) is 17.4. The number of aryl methyl sites for hydroxylation is 1. The SMILES string of the molecule is CCCCCCCCCCCCCCCCCCc1cc(O)n(-c2ccc(Cl)c(Nc3cc(=O)n(-c4c(Cl)cc(Cl)cc4Cl)[nH]3)c2)c1O. The van der Waals surface area contributed by atoms with Crippen molar-refractivity contribution in [1.82, 2.24) is 14.3 Å². The minimum absolute atomic E-state index is 0.00619. The second kappa shape index (κ2) is 19.5. The van der Waals surface area contributed by atoms with Gasteiger partial charge in [0.25, 0.3) is 5.56 Å². The molecule has 0 radical (unpaired) electrons. The molecule has 0 saturated carbocycles. The molecule has 0 spiro atoms. The quantitative estimate of drug-likeness (QED) is 0.0640. The normalized spacial score (nSPS) is 11.4. The topological polar surface area (TPSA) is 95.2 Å². The number of rotatable bonds is 21. The molecule has 2 aromatic carbocycles. The van der Waals surface area contributed by atoms with E-state index < -0.39 is 5.56 Å².